The molecule has 1 N–H and O–H groups in total. The zero-order valence-corrected chi connectivity index (χ0v) is 10.3. The van der Waals surface area contributed by atoms with Gasteiger partial charge in [0.2, 0.25) is 0 Å². The van der Waals surface area contributed by atoms with Crippen LogP contribution in [0.25, 0.3) is 5.65 Å². The number of rotatable bonds is 3. The average Bonchev–Trinajstić information content (AvgIpc) is 2.57. The summed E-state index contributed by atoms with van der Waals surface area (Å²) in [6.45, 7) is 0.0945. The third kappa shape index (κ3) is 2.09. The number of carbonyl (C=O) groups is 1. The fourth-order valence-electron chi connectivity index (χ4n) is 1.58. The van der Waals surface area contributed by atoms with Crippen LogP contribution < -0.4 is 0 Å². The number of methoxy groups -OCH3 is 1. The van der Waals surface area contributed by atoms with Gasteiger partial charge in [-0.2, -0.15) is 0 Å². The number of carboxylic acids is 1. The van der Waals surface area contributed by atoms with Gasteiger partial charge in [-0.05, 0) is 6.07 Å². The lowest BCUT2D eigenvalue weighted by Crippen LogP contribution is -2.06. The topological polar surface area (TPSA) is 63.8 Å². The minimum atomic E-state index is -1.11. The molecule has 2 rings (SSSR count). The summed E-state index contributed by atoms with van der Waals surface area (Å²) in [5.41, 5.74) is 0.663. The van der Waals surface area contributed by atoms with Gasteiger partial charge in [-0.3, -0.25) is 4.40 Å². The zero-order valence-electron chi connectivity index (χ0n) is 8.78. The van der Waals surface area contributed by atoms with Crippen molar-refractivity contribution < 1.29 is 14.6 Å². The highest BCUT2D eigenvalue weighted by molar-refractivity contribution is 6.36. The van der Waals surface area contributed by atoms with Gasteiger partial charge in [-0.15, -0.1) is 0 Å². The van der Waals surface area contributed by atoms with E-state index in [9.17, 15) is 4.79 Å². The summed E-state index contributed by atoms with van der Waals surface area (Å²) in [5, 5.41) is 9.79. The third-order valence-corrected chi connectivity index (χ3v) is 2.68. The predicted molar refractivity (Wildman–Crippen MR) is 62.9 cm³/mol. The Balaban J connectivity index is 2.80. The number of ether oxygens (including phenoxy) is 1. The number of pyridine rings is 1. The molecule has 0 spiro atoms. The molecule has 0 bridgehead atoms. The SMILES string of the molecule is COCc1nc2c(Cl)cc(Cl)cn2c1C(=O)O. The predicted octanol–water partition coefficient (Wildman–Crippen LogP) is 2.49. The summed E-state index contributed by atoms with van der Waals surface area (Å²) in [4.78, 5) is 15.3. The van der Waals surface area contributed by atoms with Gasteiger partial charge in [0.15, 0.2) is 11.3 Å². The summed E-state index contributed by atoms with van der Waals surface area (Å²) in [7, 11) is 1.46. The molecule has 0 aliphatic heterocycles. The van der Waals surface area contributed by atoms with Crippen LogP contribution in [-0.2, 0) is 11.3 Å². The van der Waals surface area contributed by atoms with Crippen LogP contribution in [0.2, 0.25) is 10.0 Å². The summed E-state index contributed by atoms with van der Waals surface area (Å²) in [5.74, 6) is -1.11. The van der Waals surface area contributed by atoms with E-state index in [2.05, 4.69) is 4.98 Å². The molecule has 0 radical (unpaired) electrons. The normalized spacial score (nSPS) is 11.0. The van der Waals surface area contributed by atoms with E-state index < -0.39 is 5.97 Å². The molecule has 2 aromatic heterocycles. The molecule has 7 heteroatoms. The smallest absolute Gasteiger partial charge is 0.354 e. The van der Waals surface area contributed by atoms with Gasteiger partial charge in [0.05, 0.1) is 16.7 Å². The first-order chi connectivity index (χ1) is 8.04. The molecule has 2 heterocycles. The van der Waals surface area contributed by atoms with Crippen LogP contribution in [0.3, 0.4) is 0 Å². The van der Waals surface area contributed by atoms with Gasteiger partial charge in [0.1, 0.15) is 5.69 Å². The molecular weight excluding hydrogens is 267 g/mol. The Morgan fingerprint density at radius 2 is 2.29 bits per heavy atom. The highest BCUT2D eigenvalue weighted by Crippen LogP contribution is 2.24. The molecule has 0 unspecified atom stereocenters. The second kappa shape index (κ2) is 4.52. The first-order valence-corrected chi connectivity index (χ1v) is 5.38. The van der Waals surface area contributed by atoms with E-state index >= 15 is 0 Å². The molecule has 0 saturated carbocycles. The van der Waals surface area contributed by atoms with Crippen LogP contribution in [0.4, 0.5) is 0 Å². The Bertz CT molecular complexity index is 595. The highest BCUT2D eigenvalue weighted by atomic mass is 35.5. The minimum absolute atomic E-state index is 0.00579. The number of aromatic carboxylic acids is 1. The number of imidazole rings is 1. The van der Waals surface area contributed by atoms with Crippen molar-refractivity contribution >= 4 is 34.8 Å². The maximum atomic E-state index is 11.2. The van der Waals surface area contributed by atoms with Crippen molar-refractivity contribution in [3.05, 3.63) is 33.7 Å². The summed E-state index contributed by atoms with van der Waals surface area (Å²) in [6, 6.07) is 1.51. The maximum absolute atomic E-state index is 11.2. The fraction of sp³-hybridized carbons (Fsp3) is 0.200. The average molecular weight is 275 g/mol. The molecule has 2 aromatic rings. The molecule has 0 atom stereocenters. The standard InChI is InChI=1S/C10H8Cl2N2O3/c1-17-4-7-8(10(15)16)14-3-5(11)2-6(12)9(14)13-7/h2-3H,4H2,1H3,(H,15,16). The number of carboxylic acid groups (broad SMARTS) is 1. The Kier molecular flexibility index (Phi) is 3.24. The Hall–Kier alpha value is -1.30. The van der Waals surface area contributed by atoms with Crippen LogP contribution in [0.5, 0.6) is 0 Å². The molecule has 0 aromatic carbocycles. The van der Waals surface area contributed by atoms with Crippen molar-refractivity contribution in [2.45, 2.75) is 6.61 Å². The largest absolute Gasteiger partial charge is 0.477 e. The number of aromatic nitrogens is 2. The summed E-state index contributed by atoms with van der Waals surface area (Å²) >= 11 is 11.8. The van der Waals surface area contributed by atoms with Crippen LogP contribution in [-0.4, -0.2) is 27.6 Å². The van der Waals surface area contributed by atoms with Gasteiger partial charge < -0.3 is 9.84 Å². The number of halogens is 2. The Morgan fingerprint density at radius 3 is 2.88 bits per heavy atom. The van der Waals surface area contributed by atoms with Gasteiger partial charge in [-0.25, -0.2) is 9.78 Å². The lowest BCUT2D eigenvalue weighted by Gasteiger charge is -2.00. The monoisotopic (exact) mass is 274 g/mol. The van der Waals surface area contributed by atoms with Crippen molar-refractivity contribution in [3.63, 3.8) is 0 Å². The second-order valence-electron chi connectivity index (χ2n) is 3.35. The first kappa shape index (κ1) is 12.2. The van der Waals surface area contributed by atoms with Crippen LogP contribution >= 0.6 is 23.2 Å². The van der Waals surface area contributed by atoms with Gasteiger partial charge >= 0.3 is 5.97 Å². The molecular formula is C10H8Cl2N2O3. The van der Waals surface area contributed by atoms with E-state index in [-0.39, 0.29) is 12.3 Å². The zero-order chi connectivity index (χ0) is 12.6. The molecule has 90 valence electrons. The van der Waals surface area contributed by atoms with E-state index in [4.69, 9.17) is 33.0 Å². The van der Waals surface area contributed by atoms with Crippen LogP contribution in [0.15, 0.2) is 12.3 Å². The molecule has 0 aliphatic rings. The Morgan fingerprint density at radius 1 is 1.59 bits per heavy atom. The van der Waals surface area contributed by atoms with Crippen molar-refractivity contribution in [2.75, 3.05) is 7.11 Å². The van der Waals surface area contributed by atoms with Crippen molar-refractivity contribution in [1.82, 2.24) is 9.38 Å². The summed E-state index contributed by atoms with van der Waals surface area (Å²) < 4.78 is 6.25. The van der Waals surface area contributed by atoms with Crippen molar-refractivity contribution in [2.24, 2.45) is 0 Å². The number of hydrogen-bond acceptors (Lipinski definition) is 3. The second-order valence-corrected chi connectivity index (χ2v) is 4.19. The number of fused-ring (bicyclic) bond motifs is 1. The first-order valence-electron chi connectivity index (χ1n) is 4.62. The molecule has 5 nitrogen and oxygen atoms in total. The molecule has 0 fully saturated rings. The molecule has 0 saturated heterocycles. The van der Waals surface area contributed by atoms with Gasteiger partial charge in [-0.1, -0.05) is 23.2 Å². The van der Waals surface area contributed by atoms with E-state index in [1.165, 1.54) is 23.8 Å². The van der Waals surface area contributed by atoms with E-state index in [1.54, 1.807) is 0 Å². The molecule has 17 heavy (non-hydrogen) atoms. The molecule has 0 aliphatic carbocycles. The van der Waals surface area contributed by atoms with E-state index in [0.717, 1.165) is 0 Å². The minimum Gasteiger partial charge on any atom is -0.477 e. The van der Waals surface area contributed by atoms with Gasteiger partial charge in [0, 0.05) is 13.3 Å². The molecule has 0 amide bonds. The van der Waals surface area contributed by atoms with Crippen molar-refractivity contribution in [3.8, 4) is 0 Å². The summed E-state index contributed by atoms with van der Waals surface area (Å²) in [6.07, 6.45) is 1.46. The lowest BCUT2D eigenvalue weighted by molar-refractivity contribution is 0.0683. The number of nitrogens with zero attached hydrogens (tertiary/aromatic N) is 2. The van der Waals surface area contributed by atoms with Crippen LogP contribution in [0.1, 0.15) is 16.2 Å². The van der Waals surface area contributed by atoms with E-state index in [0.29, 0.717) is 21.4 Å². The highest BCUT2D eigenvalue weighted by Gasteiger charge is 2.20. The fourth-order valence-corrected chi connectivity index (χ4v) is 2.10. The van der Waals surface area contributed by atoms with Gasteiger partial charge in [0.25, 0.3) is 0 Å². The Labute approximate surface area is 107 Å². The third-order valence-electron chi connectivity index (χ3n) is 2.20. The quantitative estimate of drug-likeness (QED) is 0.934. The van der Waals surface area contributed by atoms with E-state index in [1.807, 2.05) is 0 Å². The van der Waals surface area contributed by atoms with Crippen LogP contribution in [0, 0.1) is 0 Å². The maximum Gasteiger partial charge on any atom is 0.354 e. The number of hydrogen-bond donors (Lipinski definition) is 1. The van der Waals surface area contributed by atoms with Crippen molar-refractivity contribution in [1.29, 1.82) is 0 Å². The lowest BCUT2D eigenvalue weighted by atomic mass is 10.3.